The van der Waals surface area contributed by atoms with Crippen molar-refractivity contribution in [2.75, 3.05) is 6.54 Å². The lowest BCUT2D eigenvalue weighted by molar-refractivity contribution is -0.146. The van der Waals surface area contributed by atoms with Crippen LogP contribution in [0.5, 0.6) is 0 Å². The number of carbonyl (C=O) groups excluding carboxylic acids is 1. The van der Waals surface area contributed by atoms with Gasteiger partial charge in [0, 0.05) is 6.54 Å². The van der Waals surface area contributed by atoms with Crippen molar-refractivity contribution >= 4 is 5.91 Å². The molecule has 0 atom stereocenters. The Hall–Kier alpha value is -1.35. The number of hydrogen-bond donors (Lipinski definition) is 1. The van der Waals surface area contributed by atoms with E-state index in [1.807, 2.05) is 4.90 Å². The largest absolute Gasteiger partial charge is 0.380 e. The molecule has 0 bridgehead atoms. The summed E-state index contributed by atoms with van der Waals surface area (Å²) in [5, 5.41) is 10.1. The summed E-state index contributed by atoms with van der Waals surface area (Å²) in [6.07, 6.45) is 5.35. The van der Waals surface area contributed by atoms with Crippen molar-refractivity contribution in [3.8, 4) is 0 Å². The lowest BCUT2D eigenvalue weighted by Crippen LogP contribution is -2.52. The van der Waals surface area contributed by atoms with E-state index in [2.05, 4.69) is 24.3 Å². The van der Waals surface area contributed by atoms with E-state index in [0.717, 1.165) is 32.2 Å². The Balaban J connectivity index is 1.66. The first-order chi connectivity index (χ1) is 9.13. The van der Waals surface area contributed by atoms with E-state index in [0.29, 0.717) is 12.8 Å². The van der Waals surface area contributed by atoms with Gasteiger partial charge in [-0.15, -0.1) is 0 Å². The average Bonchev–Trinajstić information content (AvgIpc) is 2.89. The minimum Gasteiger partial charge on any atom is -0.380 e. The third-order valence-electron chi connectivity index (χ3n) is 5.12. The summed E-state index contributed by atoms with van der Waals surface area (Å²) in [5.41, 5.74) is 1.69. The SMILES string of the molecule is O=C(N1CCCC12Cc1ccccc1C2)C1(O)CC1. The third kappa shape index (κ3) is 1.57. The van der Waals surface area contributed by atoms with E-state index in [4.69, 9.17) is 0 Å². The van der Waals surface area contributed by atoms with Gasteiger partial charge < -0.3 is 10.0 Å². The summed E-state index contributed by atoms with van der Waals surface area (Å²) >= 11 is 0. The third-order valence-corrected chi connectivity index (χ3v) is 5.12. The van der Waals surface area contributed by atoms with E-state index < -0.39 is 5.60 Å². The number of carbonyl (C=O) groups is 1. The summed E-state index contributed by atoms with van der Waals surface area (Å²) in [5.74, 6) is -0.0159. The molecule has 19 heavy (non-hydrogen) atoms. The predicted molar refractivity (Wildman–Crippen MR) is 71.7 cm³/mol. The molecular weight excluding hydrogens is 238 g/mol. The van der Waals surface area contributed by atoms with Gasteiger partial charge in [-0.05, 0) is 49.7 Å². The van der Waals surface area contributed by atoms with Crippen LogP contribution in [0.1, 0.15) is 36.8 Å². The van der Waals surface area contributed by atoms with Gasteiger partial charge in [-0.25, -0.2) is 0 Å². The van der Waals surface area contributed by atoms with E-state index in [9.17, 15) is 9.90 Å². The molecule has 3 heteroatoms. The van der Waals surface area contributed by atoms with Gasteiger partial charge in [-0.1, -0.05) is 24.3 Å². The average molecular weight is 257 g/mol. The van der Waals surface area contributed by atoms with Crippen LogP contribution in [-0.4, -0.2) is 33.6 Å². The van der Waals surface area contributed by atoms with E-state index in [-0.39, 0.29) is 11.4 Å². The predicted octanol–water partition coefficient (Wildman–Crippen LogP) is 1.67. The summed E-state index contributed by atoms with van der Waals surface area (Å²) < 4.78 is 0. The second-order valence-corrected chi connectivity index (χ2v) is 6.44. The number of nitrogens with zero attached hydrogens (tertiary/aromatic N) is 1. The van der Waals surface area contributed by atoms with Gasteiger partial charge in [-0.3, -0.25) is 4.79 Å². The van der Waals surface area contributed by atoms with Gasteiger partial charge in [0.25, 0.3) is 5.91 Å². The topological polar surface area (TPSA) is 40.5 Å². The van der Waals surface area contributed by atoms with Gasteiger partial charge in [-0.2, -0.15) is 0 Å². The van der Waals surface area contributed by atoms with Crippen LogP contribution in [-0.2, 0) is 17.6 Å². The van der Waals surface area contributed by atoms with Crippen LogP contribution in [0.2, 0.25) is 0 Å². The highest BCUT2D eigenvalue weighted by Crippen LogP contribution is 2.46. The van der Waals surface area contributed by atoms with Crippen molar-refractivity contribution in [3.05, 3.63) is 35.4 Å². The first kappa shape index (κ1) is 11.5. The van der Waals surface area contributed by atoms with Crippen LogP contribution >= 0.6 is 0 Å². The summed E-state index contributed by atoms with van der Waals surface area (Å²) in [7, 11) is 0. The molecule has 1 N–H and O–H groups in total. The Morgan fingerprint density at radius 3 is 2.32 bits per heavy atom. The molecule has 2 aliphatic carbocycles. The smallest absolute Gasteiger partial charge is 0.255 e. The molecule has 0 radical (unpaired) electrons. The first-order valence-corrected chi connectivity index (χ1v) is 7.24. The minimum absolute atomic E-state index is 0.0159. The van der Waals surface area contributed by atoms with Gasteiger partial charge in [0.05, 0.1) is 5.54 Å². The summed E-state index contributed by atoms with van der Waals surface area (Å²) in [4.78, 5) is 14.5. The normalized spacial score (nSPS) is 25.6. The van der Waals surface area contributed by atoms with E-state index in [1.165, 1.54) is 11.1 Å². The molecule has 4 rings (SSSR count). The Kier molecular flexibility index (Phi) is 2.17. The standard InChI is InChI=1S/C16H19NO2/c18-14(16(19)7-8-16)17-9-3-6-15(17)10-12-4-1-2-5-13(12)11-15/h1-2,4-5,19H,3,6-11H2. The monoisotopic (exact) mass is 257 g/mol. The molecular formula is C16H19NO2. The zero-order valence-corrected chi connectivity index (χ0v) is 11.1. The Morgan fingerprint density at radius 1 is 1.11 bits per heavy atom. The molecule has 1 aliphatic heterocycles. The molecule has 1 amide bonds. The van der Waals surface area contributed by atoms with E-state index in [1.54, 1.807) is 0 Å². The van der Waals surface area contributed by atoms with Crippen LogP contribution in [0, 0.1) is 0 Å². The number of hydrogen-bond acceptors (Lipinski definition) is 2. The number of fused-ring (bicyclic) bond motifs is 1. The van der Waals surface area contributed by atoms with Crippen molar-refractivity contribution < 1.29 is 9.90 Å². The van der Waals surface area contributed by atoms with Crippen LogP contribution in [0.15, 0.2) is 24.3 Å². The molecule has 1 saturated heterocycles. The highest BCUT2D eigenvalue weighted by molar-refractivity contribution is 5.89. The second-order valence-electron chi connectivity index (χ2n) is 6.44. The summed E-state index contributed by atoms with van der Waals surface area (Å²) in [6, 6.07) is 8.51. The molecule has 3 aliphatic rings. The van der Waals surface area contributed by atoms with Crippen molar-refractivity contribution in [1.82, 2.24) is 4.90 Å². The molecule has 1 spiro atoms. The Bertz CT molecular complexity index is 522. The van der Waals surface area contributed by atoms with Crippen LogP contribution in [0.4, 0.5) is 0 Å². The highest BCUT2D eigenvalue weighted by atomic mass is 16.3. The highest BCUT2D eigenvalue weighted by Gasteiger charge is 2.56. The molecule has 0 unspecified atom stereocenters. The second kappa shape index (κ2) is 3.60. The number of likely N-dealkylation sites (tertiary alicyclic amines) is 1. The fraction of sp³-hybridized carbons (Fsp3) is 0.562. The van der Waals surface area contributed by atoms with Gasteiger partial charge >= 0.3 is 0 Å². The zero-order chi connectivity index (χ0) is 13.1. The molecule has 1 aromatic rings. The molecule has 1 heterocycles. The maximum absolute atomic E-state index is 12.5. The molecule has 3 nitrogen and oxygen atoms in total. The molecule has 0 aromatic heterocycles. The van der Waals surface area contributed by atoms with Crippen LogP contribution in [0.3, 0.4) is 0 Å². The van der Waals surface area contributed by atoms with Gasteiger partial charge in [0.15, 0.2) is 0 Å². The van der Waals surface area contributed by atoms with Crippen LogP contribution < -0.4 is 0 Å². The quantitative estimate of drug-likeness (QED) is 0.831. The Labute approximate surface area is 113 Å². The van der Waals surface area contributed by atoms with Crippen molar-refractivity contribution in [3.63, 3.8) is 0 Å². The number of amides is 1. The number of aliphatic hydroxyl groups is 1. The zero-order valence-electron chi connectivity index (χ0n) is 11.1. The van der Waals surface area contributed by atoms with Crippen molar-refractivity contribution in [2.45, 2.75) is 49.7 Å². The molecule has 100 valence electrons. The summed E-state index contributed by atoms with van der Waals surface area (Å²) in [6.45, 7) is 0.815. The molecule has 2 fully saturated rings. The number of benzene rings is 1. The van der Waals surface area contributed by atoms with Gasteiger partial charge in [0.1, 0.15) is 5.60 Å². The Morgan fingerprint density at radius 2 is 1.74 bits per heavy atom. The minimum atomic E-state index is -1.02. The van der Waals surface area contributed by atoms with Gasteiger partial charge in [0.2, 0.25) is 0 Å². The fourth-order valence-corrected chi connectivity index (χ4v) is 3.88. The lowest BCUT2D eigenvalue weighted by Gasteiger charge is -2.36. The molecule has 1 saturated carbocycles. The van der Waals surface area contributed by atoms with Crippen molar-refractivity contribution in [1.29, 1.82) is 0 Å². The lowest BCUT2D eigenvalue weighted by atomic mass is 9.92. The van der Waals surface area contributed by atoms with E-state index >= 15 is 0 Å². The van der Waals surface area contributed by atoms with Crippen LogP contribution in [0.25, 0.3) is 0 Å². The molecule has 1 aromatic carbocycles. The fourth-order valence-electron chi connectivity index (χ4n) is 3.88. The maximum atomic E-state index is 12.5. The number of rotatable bonds is 1. The maximum Gasteiger partial charge on any atom is 0.255 e. The van der Waals surface area contributed by atoms with Crippen molar-refractivity contribution in [2.24, 2.45) is 0 Å². The first-order valence-electron chi connectivity index (χ1n) is 7.24.